The molecule has 0 atom stereocenters. The van der Waals surface area contributed by atoms with Gasteiger partial charge in [-0.2, -0.15) is 0 Å². The zero-order valence-corrected chi connectivity index (χ0v) is 11.7. The van der Waals surface area contributed by atoms with Crippen molar-refractivity contribution in [1.29, 1.82) is 0 Å². The van der Waals surface area contributed by atoms with Crippen LogP contribution in [0, 0.1) is 6.92 Å². The first-order valence-corrected chi connectivity index (χ1v) is 7.14. The maximum Gasteiger partial charge on any atom is 0.357 e. The van der Waals surface area contributed by atoms with Crippen molar-refractivity contribution in [2.24, 2.45) is 0 Å². The van der Waals surface area contributed by atoms with E-state index in [0.29, 0.717) is 5.69 Å². The SMILES string of the molecule is Cc1ccc2c(c1)cc1n2C2(CCC(F)(F)CC2)OC1=O. The molecule has 5 heteroatoms. The monoisotopic (exact) mass is 291 g/mol. The number of halogens is 2. The molecule has 1 spiro atoms. The Hall–Kier alpha value is -1.91. The van der Waals surface area contributed by atoms with Crippen molar-refractivity contribution in [3.8, 4) is 0 Å². The van der Waals surface area contributed by atoms with Crippen LogP contribution in [-0.2, 0) is 10.5 Å². The van der Waals surface area contributed by atoms with Crippen LogP contribution in [-0.4, -0.2) is 16.5 Å². The Balaban J connectivity index is 1.89. The van der Waals surface area contributed by atoms with Crippen LogP contribution in [0.25, 0.3) is 10.9 Å². The van der Waals surface area contributed by atoms with Crippen LogP contribution in [0.3, 0.4) is 0 Å². The lowest BCUT2D eigenvalue weighted by molar-refractivity contribution is -0.132. The van der Waals surface area contributed by atoms with Gasteiger partial charge >= 0.3 is 5.97 Å². The maximum atomic E-state index is 13.5. The van der Waals surface area contributed by atoms with Crippen molar-refractivity contribution in [2.45, 2.75) is 44.3 Å². The summed E-state index contributed by atoms with van der Waals surface area (Å²) in [6.45, 7) is 1.98. The van der Waals surface area contributed by atoms with Crippen LogP contribution in [0.5, 0.6) is 0 Å². The zero-order valence-electron chi connectivity index (χ0n) is 11.7. The van der Waals surface area contributed by atoms with E-state index < -0.39 is 17.6 Å². The lowest BCUT2D eigenvalue weighted by Gasteiger charge is -2.37. The number of aryl methyl sites for hydroxylation is 1. The van der Waals surface area contributed by atoms with Crippen LogP contribution in [0.15, 0.2) is 24.3 Å². The van der Waals surface area contributed by atoms with Gasteiger partial charge in [0.2, 0.25) is 5.92 Å². The molecule has 1 saturated carbocycles. The van der Waals surface area contributed by atoms with Gasteiger partial charge in [-0.15, -0.1) is 0 Å². The summed E-state index contributed by atoms with van der Waals surface area (Å²) in [6.07, 6.45) is -0.163. The van der Waals surface area contributed by atoms with Gasteiger partial charge in [-0.05, 0) is 25.1 Å². The average Bonchev–Trinajstić information content (AvgIpc) is 2.91. The van der Waals surface area contributed by atoms with Gasteiger partial charge in [-0.3, -0.25) is 4.57 Å². The molecule has 2 heterocycles. The van der Waals surface area contributed by atoms with Crippen LogP contribution < -0.4 is 0 Å². The van der Waals surface area contributed by atoms with E-state index >= 15 is 0 Å². The molecule has 1 aliphatic heterocycles. The standard InChI is InChI=1S/C16H15F2NO2/c1-10-2-3-12-11(8-10)9-13-14(20)21-16(19(12)13)6-4-15(17,18)5-7-16/h2-3,8-9H,4-7H2,1H3. The summed E-state index contributed by atoms with van der Waals surface area (Å²) in [7, 11) is 0. The van der Waals surface area contributed by atoms with E-state index in [-0.39, 0.29) is 25.7 Å². The van der Waals surface area contributed by atoms with E-state index in [9.17, 15) is 13.6 Å². The molecule has 110 valence electrons. The first-order valence-electron chi connectivity index (χ1n) is 7.14. The van der Waals surface area contributed by atoms with Gasteiger partial charge < -0.3 is 4.74 Å². The van der Waals surface area contributed by atoms with E-state index in [4.69, 9.17) is 4.74 Å². The van der Waals surface area contributed by atoms with Crippen molar-refractivity contribution < 1.29 is 18.3 Å². The van der Waals surface area contributed by atoms with Crippen molar-refractivity contribution in [1.82, 2.24) is 4.57 Å². The van der Waals surface area contributed by atoms with Crippen LogP contribution in [0.1, 0.15) is 41.7 Å². The number of fused-ring (bicyclic) bond motifs is 4. The molecule has 0 N–H and O–H groups in total. The van der Waals surface area contributed by atoms with Gasteiger partial charge in [0.15, 0.2) is 5.72 Å². The van der Waals surface area contributed by atoms with Crippen LogP contribution >= 0.6 is 0 Å². The number of esters is 1. The molecule has 1 fully saturated rings. The van der Waals surface area contributed by atoms with Crippen LogP contribution in [0.2, 0.25) is 0 Å². The second kappa shape index (κ2) is 3.84. The molecule has 4 rings (SSSR count). The molecule has 2 aromatic rings. The van der Waals surface area contributed by atoms with E-state index in [1.807, 2.05) is 29.7 Å². The number of aromatic nitrogens is 1. The van der Waals surface area contributed by atoms with Gasteiger partial charge in [-0.1, -0.05) is 11.6 Å². The molecule has 0 unspecified atom stereocenters. The third-order valence-electron chi connectivity index (χ3n) is 4.62. The maximum absolute atomic E-state index is 13.5. The quantitative estimate of drug-likeness (QED) is 0.687. The van der Waals surface area contributed by atoms with E-state index in [1.54, 1.807) is 6.07 Å². The lowest BCUT2D eigenvalue weighted by atomic mass is 9.88. The highest BCUT2D eigenvalue weighted by Crippen LogP contribution is 2.48. The first kappa shape index (κ1) is 12.8. The fourth-order valence-electron chi connectivity index (χ4n) is 3.53. The van der Waals surface area contributed by atoms with Crippen molar-refractivity contribution in [2.75, 3.05) is 0 Å². The molecule has 2 aliphatic rings. The van der Waals surface area contributed by atoms with Gasteiger partial charge in [-0.25, -0.2) is 13.6 Å². The largest absolute Gasteiger partial charge is 0.434 e. The smallest absolute Gasteiger partial charge is 0.357 e. The highest BCUT2D eigenvalue weighted by molar-refractivity contribution is 5.98. The first-order chi connectivity index (χ1) is 9.90. The Labute approximate surface area is 120 Å². The number of alkyl halides is 2. The number of carbonyl (C=O) groups is 1. The number of hydrogen-bond donors (Lipinski definition) is 0. The second-order valence-electron chi connectivity index (χ2n) is 6.12. The normalized spacial score (nSPS) is 22.5. The minimum Gasteiger partial charge on any atom is -0.434 e. The molecule has 1 aromatic heterocycles. The predicted octanol–water partition coefficient (Wildman–Crippen LogP) is 3.98. The number of hydrogen-bond acceptors (Lipinski definition) is 2. The highest BCUT2D eigenvalue weighted by Gasteiger charge is 2.52. The summed E-state index contributed by atoms with van der Waals surface area (Å²) in [5, 5.41) is 0.957. The summed E-state index contributed by atoms with van der Waals surface area (Å²) >= 11 is 0. The third kappa shape index (κ3) is 1.73. The van der Waals surface area contributed by atoms with Crippen molar-refractivity contribution in [3.05, 3.63) is 35.5 Å². The Bertz CT molecular complexity index is 753. The number of rotatable bonds is 0. The van der Waals surface area contributed by atoms with Gasteiger partial charge in [0, 0.05) is 31.1 Å². The molecular weight excluding hydrogens is 276 g/mol. The summed E-state index contributed by atoms with van der Waals surface area (Å²) in [5.41, 5.74) is 1.53. The molecule has 0 radical (unpaired) electrons. The van der Waals surface area contributed by atoms with Crippen LogP contribution in [0.4, 0.5) is 8.78 Å². The molecule has 0 amide bonds. The summed E-state index contributed by atoms with van der Waals surface area (Å²) in [6, 6.07) is 7.69. The number of ether oxygens (including phenoxy) is 1. The van der Waals surface area contributed by atoms with Gasteiger partial charge in [0.1, 0.15) is 5.69 Å². The minimum absolute atomic E-state index is 0.163. The average molecular weight is 291 g/mol. The van der Waals surface area contributed by atoms with Crippen molar-refractivity contribution >= 4 is 16.9 Å². The predicted molar refractivity (Wildman–Crippen MR) is 73.5 cm³/mol. The fraction of sp³-hybridized carbons (Fsp3) is 0.438. The van der Waals surface area contributed by atoms with E-state index in [0.717, 1.165) is 16.5 Å². The van der Waals surface area contributed by atoms with Gasteiger partial charge in [0.25, 0.3) is 0 Å². The highest BCUT2D eigenvalue weighted by atomic mass is 19.3. The van der Waals surface area contributed by atoms with E-state index in [1.165, 1.54) is 0 Å². The van der Waals surface area contributed by atoms with Gasteiger partial charge in [0.05, 0.1) is 5.52 Å². The van der Waals surface area contributed by atoms with Crippen molar-refractivity contribution in [3.63, 3.8) is 0 Å². The molecule has 21 heavy (non-hydrogen) atoms. The Kier molecular flexibility index (Phi) is 2.34. The Morgan fingerprint density at radius 1 is 1.14 bits per heavy atom. The Morgan fingerprint density at radius 2 is 1.86 bits per heavy atom. The lowest BCUT2D eigenvalue weighted by Crippen LogP contribution is -2.40. The topological polar surface area (TPSA) is 31.2 Å². The Morgan fingerprint density at radius 3 is 2.57 bits per heavy atom. The fourth-order valence-corrected chi connectivity index (χ4v) is 3.53. The number of carbonyl (C=O) groups excluding carboxylic acids is 1. The molecule has 0 saturated heterocycles. The van der Waals surface area contributed by atoms with E-state index in [2.05, 4.69) is 0 Å². The molecule has 3 nitrogen and oxygen atoms in total. The molecule has 1 aliphatic carbocycles. The molecule has 1 aromatic carbocycles. The molecule has 0 bridgehead atoms. The second-order valence-corrected chi connectivity index (χ2v) is 6.12. The number of nitrogens with zero attached hydrogens (tertiary/aromatic N) is 1. The summed E-state index contributed by atoms with van der Waals surface area (Å²) in [4.78, 5) is 12.1. The zero-order chi connectivity index (χ0) is 14.8. The summed E-state index contributed by atoms with van der Waals surface area (Å²) in [5.74, 6) is -3.06. The minimum atomic E-state index is -2.65. The number of benzene rings is 1. The summed E-state index contributed by atoms with van der Waals surface area (Å²) < 4.78 is 34.3. The third-order valence-corrected chi connectivity index (χ3v) is 4.62. The molecular formula is C16H15F2NO2.